The van der Waals surface area contributed by atoms with Crippen LogP contribution in [-0.4, -0.2) is 5.88 Å². The van der Waals surface area contributed by atoms with Gasteiger partial charge in [-0.15, -0.1) is 18.2 Å². The zero-order chi connectivity index (χ0) is 14.8. The van der Waals surface area contributed by atoms with Crippen LogP contribution in [0.2, 0.25) is 0 Å². The van der Waals surface area contributed by atoms with Gasteiger partial charge in [-0.05, 0) is 37.7 Å². The third kappa shape index (κ3) is 5.23. The van der Waals surface area contributed by atoms with Gasteiger partial charge in [0.1, 0.15) is 0 Å². The molecule has 0 spiro atoms. The van der Waals surface area contributed by atoms with Crippen molar-refractivity contribution < 1.29 is 0 Å². The van der Waals surface area contributed by atoms with Gasteiger partial charge in [0, 0.05) is 5.88 Å². The van der Waals surface area contributed by atoms with Crippen LogP contribution in [0.4, 0.5) is 0 Å². The predicted octanol–water partition coefficient (Wildman–Crippen LogP) is 5.28. The molecule has 0 aromatic heterocycles. The third-order valence-corrected chi connectivity index (χ3v) is 3.84. The maximum Gasteiger partial charge on any atom is 0.0696 e. The molecule has 0 bridgehead atoms. The summed E-state index contributed by atoms with van der Waals surface area (Å²) in [7, 11) is 0. The van der Waals surface area contributed by atoms with Crippen molar-refractivity contribution in [1.82, 2.24) is 0 Å². The molecule has 106 valence electrons. The van der Waals surface area contributed by atoms with Gasteiger partial charge in [-0.1, -0.05) is 48.6 Å². The Morgan fingerprint density at radius 1 is 1.35 bits per heavy atom. The second-order valence-electron chi connectivity index (χ2n) is 5.30. The molecule has 1 rings (SSSR count). The smallest absolute Gasteiger partial charge is 0.0696 e. The van der Waals surface area contributed by atoms with Crippen LogP contribution < -0.4 is 0 Å². The molecule has 0 saturated heterocycles. The number of benzene rings is 1. The fraction of sp³-hybridized carbons (Fsp3) is 0.389. The molecule has 0 aliphatic carbocycles. The van der Waals surface area contributed by atoms with Crippen molar-refractivity contribution >= 4 is 11.6 Å². The summed E-state index contributed by atoms with van der Waals surface area (Å²) in [4.78, 5) is 0. The molecule has 2 heteroatoms. The van der Waals surface area contributed by atoms with Crippen LogP contribution in [0.3, 0.4) is 0 Å². The molecule has 0 saturated carbocycles. The number of nitrogens with zero attached hydrogens (tertiary/aromatic N) is 1. The van der Waals surface area contributed by atoms with Crippen LogP contribution in [0.5, 0.6) is 0 Å². The van der Waals surface area contributed by atoms with E-state index >= 15 is 0 Å². The van der Waals surface area contributed by atoms with Crippen molar-refractivity contribution in [1.29, 1.82) is 5.26 Å². The first-order valence-electron chi connectivity index (χ1n) is 6.94. The molecule has 20 heavy (non-hydrogen) atoms. The molecular weight excluding hydrogens is 266 g/mol. The van der Waals surface area contributed by atoms with Crippen molar-refractivity contribution in [2.24, 2.45) is 5.41 Å². The number of hydrogen-bond acceptors (Lipinski definition) is 1. The molecule has 0 aliphatic rings. The van der Waals surface area contributed by atoms with E-state index in [0.29, 0.717) is 12.3 Å². The van der Waals surface area contributed by atoms with Gasteiger partial charge < -0.3 is 0 Å². The SMILES string of the molecule is C=CCCCC(C#N)(CC(=C)CCl)Cc1ccccc1. The van der Waals surface area contributed by atoms with Gasteiger partial charge >= 0.3 is 0 Å². The standard InChI is InChI=1S/C18H22ClN/c1-3-4-8-11-18(15-20,12-16(2)14-19)13-17-9-6-5-7-10-17/h3,5-7,9-10H,1-2,4,8,11-14H2. The minimum Gasteiger partial charge on any atom is -0.198 e. The number of hydrogen-bond donors (Lipinski definition) is 0. The van der Waals surface area contributed by atoms with E-state index in [2.05, 4.69) is 31.4 Å². The molecule has 1 atom stereocenters. The first kappa shape index (κ1) is 16.5. The molecule has 1 aromatic carbocycles. The lowest BCUT2D eigenvalue weighted by atomic mass is 9.74. The zero-order valence-corrected chi connectivity index (χ0v) is 12.7. The summed E-state index contributed by atoms with van der Waals surface area (Å²) in [5, 5.41) is 9.72. The van der Waals surface area contributed by atoms with E-state index < -0.39 is 5.41 Å². The average molecular weight is 288 g/mol. The quantitative estimate of drug-likeness (QED) is 0.344. The molecule has 1 nitrogen and oxygen atoms in total. The minimum atomic E-state index is -0.406. The Labute approximate surface area is 127 Å². The first-order chi connectivity index (χ1) is 9.65. The molecule has 0 aliphatic heterocycles. The number of alkyl halides is 1. The summed E-state index contributed by atoms with van der Waals surface area (Å²) in [5.74, 6) is 0.416. The Morgan fingerprint density at radius 3 is 2.60 bits per heavy atom. The highest BCUT2D eigenvalue weighted by Gasteiger charge is 2.30. The molecule has 0 fully saturated rings. The number of halogens is 1. The van der Waals surface area contributed by atoms with Gasteiger partial charge in [0.15, 0.2) is 0 Å². The summed E-state index contributed by atoms with van der Waals surface area (Å²) in [6, 6.07) is 12.7. The molecule has 1 unspecified atom stereocenters. The van der Waals surface area contributed by atoms with Gasteiger partial charge in [-0.3, -0.25) is 0 Å². The maximum absolute atomic E-state index is 9.72. The average Bonchev–Trinajstić information content (AvgIpc) is 2.48. The largest absolute Gasteiger partial charge is 0.198 e. The number of nitriles is 1. The number of allylic oxidation sites excluding steroid dienone is 2. The lowest BCUT2D eigenvalue weighted by molar-refractivity contribution is 0.348. The summed E-state index contributed by atoms with van der Waals surface area (Å²) in [6.07, 6.45) is 6.07. The van der Waals surface area contributed by atoms with Crippen LogP contribution in [0.15, 0.2) is 55.1 Å². The normalized spacial score (nSPS) is 13.2. The van der Waals surface area contributed by atoms with Crippen LogP contribution in [0.25, 0.3) is 0 Å². The van der Waals surface area contributed by atoms with Gasteiger partial charge in [-0.25, -0.2) is 0 Å². The highest BCUT2D eigenvalue weighted by Crippen LogP contribution is 2.35. The fourth-order valence-corrected chi connectivity index (χ4v) is 2.57. The Bertz CT molecular complexity index is 472. The minimum absolute atomic E-state index is 0.406. The Balaban J connectivity index is 2.88. The van der Waals surface area contributed by atoms with Gasteiger partial charge in [-0.2, -0.15) is 5.26 Å². The second-order valence-corrected chi connectivity index (χ2v) is 5.56. The molecule has 1 aromatic rings. The van der Waals surface area contributed by atoms with Crippen LogP contribution in [0, 0.1) is 16.7 Å². The highest BCUT2D eigenvalue weighted by atomic mass is 35.5. The van der Waals surface area contributed by atoms with E-state index in [4.69, 9.17) is 11.6 Å². The van der Waals surface area contributed by atoms with E-state index in [9.17, 15) is 5.26 Å². The van der Waals surface area contributed by atoms with Crippen molar-refractivity contribution in [3.63, 3.8) is 0 Å². The Kier molecular flexibility index (Phi) is 7.12. The molecule has 0 radical (unpaired) electrons. The van der Waals surface area contributed by atoms with Crippen LogP contribution in [-0.2, 0) is 6.42 Å². The van der Waals surface area contributed by atoms with Gasteiger partial charge in [0.25, 0.3) is 0 Å². The molecule has 0 amide bonds. The van der Waals surface area contributed by atoms with Gasteiger partial charge in [0.2, 0.25) is 0 Å². The van der Waals surface area contributed by atoms with Crippen LogP contribution in [0.1, 0.15) is 31.2 Å². The Hall–Kier alpha value is -1.52. The summed E-state index contributed by atoms with van der Waals surface area (Å²) >= 11 is 5.85. The molecular formula is C18H22ClN. The Morgan fingerprint density at radius 2 is 2.05 bits per heavy atom. The summed E-state index contributed by atoms with van der Waals surface area (Å²) in [5.41, 5.74) is 1.72. The van der Waals surface area contributed by atoms with E-state index in [-0.39, 0.29) is 0 Å². The maximum atomic E-state index is 9.72. The lowest BCUT2D eigenvalue weighted by Gasteiger charge is -2.27. The molecule has 0 N–H and O–H groups in total. The first-order valence-corrected chi connectivity index (χ1v) is 7.48. The molecule has 0 heterocycles. The van der Waals surface area contributed by atoms with Crippen molar-refractivity contribution in [3.8, 4) is 6.07 Å². The van der Waals surface area contributed by atoms with Gasteiger partial charge in [0.05, 0.1) is 11.5 Å². The predicted molar refractivity (Wildman–Crippen MR) is 86.7 cm³/mol. The summed E-state index contributed by atoms with van der Waals surface area (Å²) in [6.45, 7) is 7.72. The van der Waals surface area contributed by atoms with Crippen molar-refractivity contribution in [2.75, 3.05) is 5.88 Å². The summed E-state index contributed by atoms with van der Waals surface area (Å²) < 4.78 is 0. The monoisotopic (exact) mass is 287 g/mol. The lowest BCUT2D eigenvalue weighted by Crippen LogP contribution is -2.23. The van der Waals surface area contributed by atoms with Crippen molar-refractivity contribution in [2.45, 2.75) is 32.1 Å². The number of rotatable bonds is 9. The van der Waals surface area contributed by atoms with E-state index in [1.807, 2.05) is 24.3 Å². The zero-order valence-electron chi connectivity index (χ0n) is 11.9. The number of unbranched alkanes of at least 4 members (excludes halogenated alkanes) is 1. The van der Waals surface area contributed by atoms with E-state index in [1.165, 1.54) is 5.56 Å². The topological polar surface area (TPSA) is 23.8 Å². The fourth-order valence-electron chi connectivity index (χ4n) is 2.47. The highest BCUT2D eigenvalue weighted by molar-refractivity contribution is 6.19. The second kappa shape index (κ2) is 8.61. The van der Waals surface area contributed by atoms with E-state index in [1.54, 1.807) is 0 Å². The third-order valence-electron chi connectivity index (χ3n) is 3.46. The van der Waals surface area contributed by atoms with Crippen molar-refractivity contribution in [3.05, 3.63) is 60.7 Å². The van der Waals surface area contributed by atoms with Crippen LogP contribution >= 0.6 is 11.6 Å². The van der Waals surface area contributed by atoms with E-state index in [0.717, 1.165) is 31.3 Å².